The first-order chi connectivity index (χ1) is 11.2. The lowest BCUT2D eigenvalue weighted by Crippen LogP contribution is -2.48. The van der Waals surface area contributed by atoms with Crippen LogP contribution in [0.3, 0.4) is 0 Å². The van der Waals surface area contributed by atoms with E-state index in [0.29, 0.717) is 11.3 Å². The summed E-state index contributed by atoms with van der Waals surface area (Å²) in [5.74, 6) is -2.33. The summed E-state index contributed by atoms with van der Waals surface area (Å²) in [5, 5.41) is 11.1. The molecule has 0 aromatic heterocycles. The highest BCUT2D eigenvalue weighted by atomic mass is 79.9. The van der Waals surface area contributed by atoms with Crippen LogP contribution >= 0.6 is 39.9 Å². The maximum Gasteiger partial charge on any atom is 0.267 e. The molecule has 0 saturated carbocycles. The molecule has 6 nitrogen and oxygen atoms in total. The third-order valence-electron chi connectivity index (χ3n) is 3.86. The second kappa shape index (κ2) is 5.98. The number of halogens is 1. The molecule has 3 rings (SSSR count). The van der Waals surface area contributed by atoms with Crippen molar-refractivity contribution >= 4 is 73.3 Å². The molecule has 1 aromatic rings. The highest BCUT2D eigenvalue weighted by Gasteiger charge is 2.42. The van der Waals surface area contributed by atoms with Crippen LogP contribution in [0.25, 0.3) is 5.57 Å². The van der Waals surface area contributed by atoms with Gasteiger partial charge in [0.15, 0.2) is 0 Å². The normalized spacial score (nSPS) is 21.5. The maximum absolute atomic E-state index is 12.7. The quantitative estimate of drug-likeness (QED) is 0.521. The van der Waals surface area contributed by atoms with E-state index in [1.807, 2.05) is 0 Å². The molecule has 0 unspecified atom stereocenters. The third kappa shape index (κ3) is 2.47. The molecule has 2 aliphatic heterocycles. The molecule has 1 fully saturated rings. The largest absolute Gasteiger partial charge is 0.548 e. The van der Waals surface area contributed by atoms with Gasteiger partial charge in [0.1, 0.15) is 4.32 Å². The van der Waals surface area contributed by atoms with Crippen LogP contribution < -0.4 is 10.0 Å². The molecule has 0 bridgehead atoms. The summed E-state index contributed by atoms with van der Waals surface area (Å²) in [5.41, 5.74) is 1.52. The molecular formula is C15H10BrN2O4S2-. The Morgan fingerprint density at radius 2 is 2.00 bits per heavy atom. The van der Waals surface area contributed by atoms with E-state index < -0.39 is 17.9 Å². The predicted octanol–water partition coefficient (Wildman–Crippen LogP) is 1.14. The maximum atomic E-state index is 12.7. The number of hydrogen-bond donors (Lipinski definition) is 0. The van der Waals surface area contributed by atoms with Crippen LogP contribution in [-0.4, -0.2) is 40.1 Å². The van der Waals surface area contributed by atoms with Gasteiger partial charge in [-0.05, 0) is 25.1 Å². The number of carbonyl (C=O) groups is 3. The fourth-order valence-electron chi connectivity index (χ4n) is 2.58. The molecule has 1 atom stereocenters. The molecule has 0 spiro atoms. The summed E-state index contributed by atoms with van der Waals surface area (Å²) in [4.78, 5) is 39.0. The van der Waals surface area contributed by atoms with Crippen molar-refractivity contribution in [2.45, 2.75) is 13.0 Å². The van der Waals surface area contributed by atoms with Gasteiger partial charge in [0.05, 0.1) is 28.2 Å². The summed E-state index contributed by atoms with van der Waals surface area (Å²) >= 11 is 9.42. The van der Waals surface area contributed by atoms with E-state index in [4.69, 9.17) is 12.2 Å². The minimum absolute atomic E-state index is 0.0955. The Kier molecular flexibility index (Phi) is 4.27. The Balaban J connectivity index is 2.16. The lowest BCUT2D eigenvalue weighted by atomic mass is 10.1. The Labute approximate surface area is 155 Å². The topological polar surface area (TPSA) is 80.7 Å². The van der Waals surface area contributed by atoms with Gasteiger partial charge < -0.3 is 14.8 Å². The number of thiocarbonyl (C=S) groups is 1. The molecule has 2 amide bonds. The molecule has 9 heteroatoms. The number of thioether (sulfide) groups is 1. The van der Waals surface area contributed by atoms with Crippen molar-refractivity contribution in [1.29, 1.82) is 0 Å². The zero-order valence-electron chi connectivity index (χ0n) is 12.5. The van der Waals surface area contributed by atoms with E-state index in [0.717, 1.165) is 21.1 Å². The minimum atomic E-state index is -1.41. The number of benzene rings is 1. The average molecular weight is 426 g/mol. The van der Waals surface area contributed by atoms with Gasteiger partial charge in [-0.25, -0.2) is 0 Å². The van der Waals surface area contributed by atoms with Crippen molar-refractivity contribution < 1.29 is 19.5 Å². The van der Waals surface area contributed by atoms with E-state index in [2.05, 4.69) is 15.9 Å². The number of carboxylic acid groups (broad SMARTS) is 1. The number of carboxylic acids is 1. The fraction of sp³-hybridized carbons (Fsp3) is 0.200. The standard InChI is InChI=1S/C15H11BrN2O4S2/c1-6(14(21)22)18-13(20)11(24-15(18)23)10-8-5-7(16)3-4-9(8)17(2)12(10)19/h3-6H,1-2H3,(H,21,22)/p-1/b11-10-/t6-/m1/s1. The highest BCUT2D eigenvalue weighted by Crippen LogP contribution is 2.45. The SMILES string of the molecule is C[C@H](C(=O)[O-])N1C(=O)/C(=C2/C(=O)N(C)c3ccc(Br)cc32)SC1=S. The van der Waals surface area contributed by atoms with E-state index in [1.54, 1.807) is 25.2 Å². The summed E-state index contributed by atoms with van der Waals surface area (Å²) in [7, 11) is 1.62. The van der Waals surface area contributed by atoms with Gasteiger partial charge in [-0.2, -0.15) is 0 Å². The molecule has 0 N–H and O–H groups in total. The van der Waals surface area contributed by atoms with E-state index in [-0.39, 0.29) is 20.7 Å². The molecule has 24 heavy (non-hydrogen) atoms. The first-order valence-corrected chi connectivity index (χ1v) is 8.84. The lowest BCUT2D eigenvalue weighted by molar-refractivity contribution is -0.309. The van der Waals surface area contributed by atoms with Gasteiger partial charge in [0.2, 0.25) is 0 Å². The molecule has 2 aliphatic rings. The van der Waals surface area contributed by atoms with Gasteiger partial charge in [0, 0.05) is 17.1 Å². The van der Waals surface area contributed by atoms with Crippen LogP contribution in [0.1, 0.15) is 12.5 Å². The summed E-state index contributed by atoms with van der Waals surface area (Å²) < 4.78 is 0.860. The van der Waals surface area contributed by atoms with E-state index in [1.165, 1.54) is 11.8 Å². The molecular weight excluding hydrogens is 416 g/mol. The number of carbonyl (C=O) groups excluding carboxylic acids is 3. The highest BCUT2D eigenvalue weighted by molar-refractivity contribution is 9.10. The monoisotopic (exact) mass is 425 g/mol. The Morgan fingerprint density at radius 1 is 1.33 bits per heavy atom. The molecule has 124 valence electrons. The van der Waals surface area contributed by atoms with Crippen LogP contribution in [0.15, 0.2) is 27.6 Å². The van der Waals surface area contributed by atoms with Crippen LogP contribution in [0.2, 0.25) is 0 Å². The first kappa shape index (κ1) is 17.1. The fourth-order valence-corrected chi connectivity index (χ4v) is 4.43. The van der Waals surface area contributed by atoms with Crippen LogP contribution in [0.5, 0.6) is 0 Å². The Morgan fingerprint density at radius 3 is 2.62 bits per heavy atom. The second-order valence-electron chi connectivity index (χ2n) is 5.27. The van der Waals surface area contributed by atoms with Crippen molar-refractivity contribution in [3.05, 3.63) is 33.1 Å². The number of aliphatic carboxylic acids is 1. The number of hydrogen-bond acceptors (Lipinski definition) is 6. The Hall–Kier alpha value is -1.71. The van der Waals surface area contributed by atoms with Crippen molar-refractivity contribution in [1.82, 2.24) is 4.90 Å². The van der Waals surface area contributed by atoms with Crippen LogP contribution in [0, 0.1) is 0 Å². The van der Waals surface area contributed by atoms with Gasteiger partial charge >= 0.3 is 0 Å². The summed E-state index contributed by atoms with van der Waals surface area (Å²) in [6, 6.07) is 4.12. The van der Waals surface area contributed by atoms with Crippen molar-refractivity contribution in [3.63, 3.8) is 0 Å². The van der Waals surface area contributed by atoms with E-state index >= 15 is 0 Å². The van der Waals surface area contributed by atoms with Gasteiger partial charge in [0.25, 0.3) is 11.8 Å². The van der Waals surface area contributed by atoms with Crippen molar-refractivity contribution in [3.8, 4) is 0 Å². The number of nitrogens with zero attached hydrogens (tertiary/aromatic N) is 2. The number of amides is 2. The zero-order valence-corrected chi connectivity index (χ0v) is 15.8. The van der Waals surface area contributed by atoms with Crippen molar-refractivity contribution in [2.75, 3.05) is 11.9 Å². The average Bonchev–Trinajstić information content (AvgIpc) is 2.93. The summed E-state index contributed by atoms with van der Waals surface area (Å²) in [6.45, 7) is 1.32. The van der Waals surface area contributed by atoms with Gasteiger partial charge in [-0.3, -0.25) is 14.5 Å². The summed E-state index contributed by atoms with van der Waals surface area (Å²) in [6.07, 6.45) is 0. The van der Waals surface area contributed by atoms with Crippen LogP contribution in [-0.2, 0) is 14.4 Å². The zero-order chi connectivity index (χ0) is 17.8. The van der Waals surface area contributed by atoms with Gasteiger partial charge in [-0.1, -0.05) is 39.9 Å². The molecule has 2 heterocycles. The number of fused-ring (bicyclic) bond motifs is 1. The molecule has 0 aliphatic carbocycles. The van der Waals surface area contributed by atoms with Crippen molar-refractivity contribution in [2.24, 2.45) is 0 Å². The Bertz CT molecular complexity index is 852. The smallest absolute Gasteiger partial charge is 0.267 e. The first-order valence-electron chi connectivity index (χ1n) is 6.82. The number of anilines is 1. The third-order valence-corrected chi connectivity index (χ3v) is 5.76. The lowest BCUT2D eigenvalue weighted by Gasteiger charge is -2.23. The number of rotatable bonds is 2. The van der Waals surface area contributed by atoms with Gasteiger partial charge in [-0.15, -0.1) is 0 Å². The van der Waals surface area contributed by atoms with Crippen LogP contribution in [0.4, 0.5) is 5.69 Å². The predicted molar refractivity (Wildman–Crippen MR) is 96.0 cm³/mol. The van der Waals surface area contributed by atoms with E-state index in [9.17, 15) is 19.5 Å². The molecule has 1 saturated heterocycles. The molecule has 1 aromatic carbocycles. The second-order valence-corrected chi connectivity index (χ2v) is 7.83. The minimum Gasteiger partial charge on any atom is -0.548 e. The molecule has 0 radical (unpaired) electrons. The number of likely N-dealkylation sites (N-methyl/N-ethyl adjacent to an activating group) is 1.